The fourth-order valence-corrected chi connectivity index (χ4v) is 8.68. The number of hydrogen-bond donors (Lipinski definition) is 1. The van der Waals surface area contributed by atoms with E-state index in [1.165, 1.54) is 0 Å². The maximum atomic E-state index is 14.2. The SMILES string of the molecule is CCC(C)C(C(CC(=O)N1CCCC1C(CC(=O)N(C)CCc1ccc(OC)c(OC)c1)SC)OC)N(C)C(=O)C(NC(=O)C(C(C)C)N(C)C)C(C)C. The van der Waals surface area contributed by atoms with Gasteiger partial charge < -0.3 is 34.2 Å². The van der Waals surface area contributed by atoms with Gasteiger partial charge in [-0.1, -0.05) is 54.0 Å². The van der Waals surface area contributed by atoms with E-state index in [9.17, 15) is 19.2 Å². The third-order valence-corrected chi connectivity index (χ3v) is 12.2. The Labute approximate surface area is 330 Å². The minimum absolute atomic E-state index is 0.0193. The van der Waals surface area contributed by atoms with E-state index in [4.69, 9.17) is 14.2 Å². The number of likely N-dealkylation sites (N-methyl/N-ethyl adjacent to an activating group) is 3. The van der Waals surface area contributed by atoms with Gasteiger partial charge in [-0.2, -0.15) is 11.8 Å². The number of carbonyl (C=O) groups excluding carboxylic acids is 4. The number of thioether (sulfide) groups is 1. The molecule has 1 aliphatic heterocycles. The predicted octanol–water partition coefficient (Wildman–Crippen LogP) is 4.82. The highest BCUT2D eigenvalue weighted by molar-refractivity contribution is 7.99. The van der Waals surface area contributed by atoms with Crippen LogP contribution in [0.2, 0.25) is 0 Å². The Morgan fingerprint density at radius 3 is 2.11 bits per heavy atom. The average Bonchev–Trinajstić information content (AvgIpc) is 3.63. The second-order valence-corrected chi connectivity index (χ2v) is 16.8. The highest BCUT2D eigenvalue weighted by atomic mass is 32.2. The molecular weight excluding hydrogens is 707 g/mol. The van der Waals surface area contributed by atoms with E-state index < -0.39 is 18.2 Å². The Balaban J connectivity index is 2.19. The zero-order valence-corrected chi connectivity index (χ0v) is 36.5. The molecule has 7 unspecified atom stereocenters. The summed E-state index contributed by atoms with van der Waals surface area (Å²) in [6.07, 6.45) is 5.01. The van der Waals surface area contributed by atoms with Gasteiger partial charge >= 0.3 is 0 Å². The van der Waals surface area contributed by atoms with Gasteiger partial charge in [0.2, 0.25) is 23.6 Å². The van der Waals surface area contributed by atoms with Crippen LogP contribution in [0.25, 0.3) is 0 Å². The van der Waals surface area contributed by atoms with Crippen molar-refractivity contribution < 1.29 is 33.4 Å². The zero-order chi connectivity index (χ0) is 40.9. The molecule has 1 N–H and O–H groups in total. The number of nitrogens with one attached hydrogen (secondary N) is 1. The van der Waals surface area contributed by atoms with Crippen LogP contribution in [0.3, 0.4) is 0 Å². The van der Waals surface area contributed by atoms with Gasteiger partial charge in [0.15, 0.2) is 11.5 Å². The minimum atomic E-state index is -0.733. The molecule has 1 heterocycles. The lowest BCUT2D eigenvalue weighted by Crippen LogP contribution is -2.59. The lowest BCUT2D eigenvalue weighted by atomic mass is 9.89. The lowest BCUT2D eigenvalue weighted by Gasteiger charge is -2.41. The fraction of sp³-hybridized carbons (Fsp3) is 0.756. The molecule has 0 aromatic heterocycles. The van der Waals surface area contributed by atoms with Gasteiger partial charge in [0.25, 0.3) is 0 Å². The van der Waals surface area contributed by atoms with Gasteiger partial charge in [-0.3, -0.25) is 24.1 Å². The molecule has 13 heteroatoms. The number of rotatable bonds is 22. The first kappa shape index (κ1) is 47.1. The fourth-order valence-electron chi connectivity index (χ4n) is 7.77. The second kappa shape index (κ2) is 22.5. The van der Waals surface area contributed by atoms with Crippen molar-refractivity contribution in [3.8, 4) is 11.5 Å². The van der Waals surface area contributed by atoms with Crippen LogP contribution in [0, 0.1) is 17.8 Å². The smallest absolute Gasteiger partial charge is 0.245 e. The Hall–Kier alpha value is -3.03. The number of likely N-dealkylation sites (tertiary alicyclic amines) is 1. The molecule has 0 bridgehead atoms. The first-order valence-electron chi connectivity index (χ1n) is 19.5. The van der Waals surface area contributed by atoms with Crippen molar-refractivity contribution >= 4 is 35.4 Å². The van der Waals surface area contributed by atoms with E-state index in [1.54, 1.807) is 49.9 Å². The standard InChI is InChI=1S/C41H71N5O7S/c1-15-28(6)39(45(10)41(50)37(26(2)3)42-40(49)38(27(4)5)43(7)8)33(53-13)24-36(48)46-21-16-17-30(46)34(54-14)25-35(47)44(9)22-20-29-18-19-31(51-11)32(23-29)52-12/h18-19,23,26-28,30,33-34,37-39H,15-17,20-22,24-25H2,1-14H3,(H,42,49). The number of amides is 4. The number of hydrogen-bond acceptors (Lipinski definition) is 9. The molecule has 12 nitrogen and oxygen atoms in total. The van der Waals surface area contributed by atoms with Crippen LogP contribution in [0.5, 0.6) is 11.5 Å². The van der Waals surface area contributed by atoms with Gasteiger partial charge in [0, 0.05) is 52.0 Å². The van der Waals surface area contributed by atoms with E-state index >= 15 is 0 Å². The highest BCUT2D eigenvalue weighted by Gasteiger charge is 2.41. The molecule has 1 saturated heterocycles. The van der Waals surface area contributed by atoms with Crippen molar-refractivity contribution in [2.75, 3.05) is 68.9 Å². The molecule has 1 aromatic carbocycles. The first-order chi connectivity index (χ1) is 25.5. The molecule has 4 amide bonds. The minimum Gasteiger partial charge on any atom is -0.493 e. The van der Waals surface area contributed by atoms with Crippen molar-refractivity contribution in [1.29, 1.82) is 0 Å². The average molecular weight is 778 g/mol. The maximum absolute atomic E-state index is 14.2. The van der Waals surface area contributed by atoms with Crippen LogP contribution in [0.15, 0.2) is 18.2 Å². The number of methoxy groups -OCH3 is 3. The molecular formula is C41H71N5O7S. The Morgan fingerprint density at radius 2 is 1.59 bits per heavy atom. The van der Waals surface area contributed by atoms with Gasteiger partial charge in [-0.05, 0) is 75.1 Å². The normalized spacial score (nSPS) is 17.9. The van der Waals surface area contributed by atoms with Crippen molar-refractivity contribution in [1.82, 2.24) is 24.9 Å². The van der Waals surface area contributed by atoms with E-state index in [-0.39, 0.29) is 65.1 Å². The van der Waals surface area contributed by atoms with Crippen LogP contribution in [0.4, 0.5) is 0 Å². The van der Waals surface area contributed by atoms with E-state index in [0.717, 1.165) is 24.8 Å². The summed E-state index contributed by atoms with van der Waals surface area (Å²) in [4.78, 5) is 62.6. The van der Waals surface area contributed by atoms with E-state index in [1.807, 2.05) is 83.1 Å². The summed E-state index contributed by atoms with van der Waals surface area (Å²) >= 11 is 1.63. The summed E-state index contributed by atoms with van der Waals surface area (Å²) in [6, 6.07) is 4.20. The highest BCUT2D eigenvalue weighted by Crippen LogP contribution is 2.32. The summed E-state index contributed by atoms with van der Waals surface area (Å²) in [6.45, 7) is 13.2. The molecule has 54 heavy (non-hydrogen) atoms. The van der Waals surface area contributed by atoms with Crippen molar-refractivity contribution in [3.63, 3.8) is 0 Å². The number of nitrogens with zero attached hydrogens (tertiary/aromatic N) is 4. The lowest BCUT2D eigenvalue weighted by molar-refractivity contribution is -0.146. The van der Waals surface area contributed by atoms with Crippen molar-refractivity contribution in [3.05, 3.63) is 23.8 Å². The van der Waals surface area contributed by atoms with Crippen LogP contribution >= 0.6 is 11.8 Å². The van der Waals surface area contributed by atoms with Gasteiger partial charge in [-0.15, -0.1) is 0 Å². The van der Waals surface area contributed by atoms with Gasteiger partial charge in [0.05, 0.1) is 38.8 Å². The predicted molar refractivity (Wildman–Crippen MR) is 218 cm³/mol. The maximum Gasteiger partial charge on any atom is 0.245 e. The molecule has 0 aliphatic carbocycles. The zero-order valence-electron chi connectivity index (χ0n) is 35.6. The largest absolute Gasteiger partial charge is 0.493 e. The molecule has 308 valence electrons. The van der Waals surface area contributed by atoms with E-state index in [2.05, 4.69) is 19.2 Å². The monoisotopic (exact) mass is 778 g/mol. The van der Waals surface area contributed by atoms with Crippen LogP contribution in [-0.2, 0) is 30.3 Å². The van der Waals surface area contributed by atoms with Crippen LogP contribution in [-0.4, -0.2) is 148 Å². The molecule has 0 saturated carbocycles. The molecule has 1 aromatic rings. The molecule has 1 aliphatic rings. The Bertz CT molecular complexity index is 1350. The topological polar surface area (TPSA) is 121 Å². The summed E-state index contributed by atoms with van der Waals surface area (Å²) in [7, 11) is 12.1. The summed E-state index contributed by atoms with van der Waals surface area (Å²) < 4.78 is 16.8. The van der Waals surface area contributed by atoms with Gasteiger partial charge in [0.1, 0.15) is 6.04 Å². The third kappa shape index (κ3) is 12.5. The van der Waals surface area contributed by atoms with E-state index in [0.29, 0.717) is 37.4 Å². The number of carbonyl (C=O) groups is 4. The molecule has 7 atom stereocenters. The molecule has 1 fully saturated rings. The Kier molecular flexibility index (Phi) is 19.6. The summed E-state index contributed by atoms with van der Waals surface area (Å²) in [5, 5.41) is 3.00. The van der Waals surface area contributed by atoms with Gasteiger partial charge in [-0.25, -0.2) is 0 Å². The number of ether oxygens (including phenoxy) is 3. The third-order valence-electron chi connectivity index (χ3n) is 11.1. The second-order valence-electron chi connectivity index (χ2n) is 15.7. The molecule has 2 rings (SSSR count). The molecule has 0 radical (unpaired) electrons. The first-order valence-corrected chi connectivity index (χ1v) is 20.8. The molecule has 0 spiro atoms. The number of benzene rings is 1. The van der Waals surface area contributed by atoms with Crippen molar-refractivity contribution in [2.24, 2.45) is 17.8 Å². The van der Waals surface area contributed by atoms with Crippen LogP contribution < -0.4 is 14.8 Å². The summed E-state index contributed by atoms with van der Waals surface area (Å²) in [5.74, 6) is 0.875. The Morgan fingerprint density at radius 1 is 0.944 bits per heavy atom. The van der Waals surface area contributed by atoms with Crippen molar-refractivity contribution in [2.45, 2.75) is 116 Å². The van der Waals surface area contributed by atoms with Crippen LogP contribution in [0.1, 0.15) is 79.2 Å². The summed E-state index contributed by atoms with van der Waals surface area (Å²) in [5.41, 5.74) is 1.05. The quantitative estimate of drug-likeness (QED) is 0.177.